The number of amides is 1. The second-order valence-electron chi connectivity index (χ2n) is 5.58. The molecule has 4 nitrogen and oxygen atoms in total. The van der Waals surface area contributed by atoms with Gasteiger partial charge in [-0.3, -0.25) is 10.1 Å². The van der Waals surface area contributed by atoms with Gasteiger partial charge in [-0.05, 0) is 39.1 Å². The van der Waals surface area contributed by atoms with Crippen molar-refractivity contribution in [2.45, 2.75) is 39.3 Å². The number of nitrogens with one attached hydrogen (secondary N) is 2. The molecular weight excluding hydrogens is 302 g/mol. The van der Waals surface area contributed by atoms with Crippen LogP contribution >= 0.6 is 22.7 Å². The molecule has 0 aromatic carbocycles. The summed E-state index contributed by atoms with van der Waals surface area (Å²) < 4.78 is 0. The lowest BCUT2D eigenvalue weighted by atomic mass is 10.1. The molecule has 1 atom stereocenters. The van der Waals surface area contributed by atoms with Crippen molar-refractivity contribution in [3.63, 3.8) is 0 Å². The zero-order chi connectivity index (χ0) is 15.5. The average Bonchev–Trinajstić information content (AvgIpc) is 3.07. The third kappa shape index (κ3) is 4.36. The van der Waals surface area contributed by atoms with Crippen LogP contribution in [0.1, 0.15) is 42.4 Å². The Balaban J connectivity index is 1.86. The van der Waals surface area contributed by atoms with Crippen LogP contribution in [0.5, 0.6) is 0 Å². The minimum atomic E-state index is -0.303. The molecule has 0 saturated carbocycles. The first-order chi connectivity index (χ1) is 9.88. The van der Waals surface area contributed by atoms with Gasteiger partial charge in [-0.25, -0.2) is 4.98 Å². The van der Waals surface area contributed by atoms with Crippen LogP contribution in [0, 0.1) is 6.92 Å². The van der Waals surface area contributed by atoms with E-state index in [4.69, 9.17) is 0 Å². The largest absolute Gasteiger partial charge is 0.348 e. The number of aromatic nitrogens is 1. The van der Waals surface area contributed by atoms with Crippen LogP contribution in [-0.4, -0.2) is 17.4 Å². The summed E-state index contributed by atoms with van der Waals surface area (Å²) in [5.74, 6) is -0.00254. The third-order valence-electron chi connectivity index (χ3n) is 3.19. The molecule has 21 heavy (non-hydrogen) atoms. The lowest BCUT2D eigenvalue weighted by molar-refractivity contribution is -0.121. The maximum Gasteiger partial charge on any atom is 0.234 e. The Morgan fingerprint density at radius 1 is 1.43 bits per heavy atom. The molecule has 2 aromatic rings. The van der Waals surface area contributed by atoms with Crippen molar-refractivity contribution in [1.82, 2.24) is 15.6 Å². The summed E-state index contributed by atoms with van der Waals surface area (Å²) in [6, 6.07) is 4.07. The molecule has 0 saturated heterocycles. The van der Waals surface area contributed by atoms with Crippen LogP contribution in [0.3, 0.4) is 0 Å². The van der Waals surface area contributed by atoms with Crippen molar-refractivity contribution in [1.29, 1.82) is 0 Å². The highest BCUT2D eigenvalue weighted by Crippen LogP contribution is 2.23. The van der Waals surface area contributed by atoms with E-state index in [1.54, 1.807) is 22.7 Å². The summed E-state index contributed by atoms with van der Waals surface area (Å²) in [6.45, 7) is 8.34. The molecule has 2 N–H and O–H groups in total. The van der Waals surface area contributed by atoms with Gasteiger partial charge in [-0.1, -0.05) is 6.07 Å². The molecule has 1 amide bonds. The Kier molecular flexibility index (Phi) is 5.13. The number of thiophene rings is 1. The van der Waals surface area contributed by atoms with Crippen LogP contribution in [-0.2, 0) is 10.3 Å². The van der Waals surface area contributed by atoms with Crippen LogP contribution in [0.2, 0.25) is 0 Å². The van der Waals surface area contributed by atoms with E-state index in [-0.39, 0.29) is 24.0 Å². The Labute approximate surface area is 133 Å². The Hall–Kier alpha value is -1.24. The maximum absolute atomic E-state index is 12.0. The highest BCUT2D eigenvalue weighted by atomic mass is 32.1. The van der Waals surface area contributed by atoms with Crippen LogP contribution < -0.4 is 10.6 Å². The molecule has 0 unspecified atom stereocenters. The number of hydrogen-bond donors (Lipinski definition) is 2. The van der Waals surface area contributed by atoms with Gasteiger partial charge in [0.2, 0.25) is 5.91 Å². The van der Waals surface area contributed by atoms with Gasteiger partial charge in [0.05, 0.1) is 18.1 Å². The number of carbonyl (C=O) groups is 1. The molecule has 0 spiro atoms. The van der Waals surface area contributed by atoms with Crippen LogP contribution in [0.15, 0.2) is 22.9 Å². The van der Waals surface area contributed by atoms with Crippen molar-refractivity contribution in [3.8, 4) is 0 Å². The smallest absolute Gasteiger partial charge is 0.234 e. The van der Waals surface area contributed by atoms with Crippen molar-refractivity contribution in [3.05, 3.63) is 38.5 Å². The number of rotatable bonds is 6. The second kappa shape index (κ2) is 6.68. The molecule has 0 aliphatic rings. The predicted octanol–water partition coefficient (Wildman–Crippen LogP) is 3.22. The Morgan fingerprint density at radius 3 is 2.76 bits per heavy atom. The fraction of sp³-hybridized carbons (Fsp3) is 0.467. The number of aryl methyl sites for hydroxylation is 1. The number of hydrogen-bond acceptors (Lipinski definition) is 5. The molecular formula is C15H21N3OS2. The zero-order valence-corrected chi connectivity index (χ0v) is 14.4. The number of thiazole rings is 1. The minimum absolute atomic E-state index is 0.00254. The first-order valence-corrected chi connectivity index (χ1v) is 8.65. The molecule has 2 aromatic heterocycles. The van der Waals surface area contributed by atoms with Crippen molar-refractivity contribution < 1.29 is 4.79 Å². The molecule has 6 heteroatoms. The Bertz CT molecular complexity index is 590. The summed E-state index contributed by atoms with van der Waals surface area (Å²) in [7, 11) is 0. The van der Waals surface area contributed by atoms with Gasteiger partial charge in [0.25, 0.3) is 0 Å². The highest BCUT2D eigenvalue weighted by Gasteiger charge is 2.24. The van der Waals surface area contributed by atoms with Gasteiger partial charge in [-0.2, -0.15) is 0 Å². The van der Waals surface area contributed by atoms with Crippen LogP contribution in [0.25, 0.3) is 0 Å². The van der Waals surface area contributed by atoms with Gasteiger partial charge in [0, 0.05) is 16.0 Å². The lowest BCUT2D eigenvalue weighted by Crippen LogP contribution is -2.43. The van der Waals surface area contributed by atoms with Gasteiger partial charge in [0.1, 0.15) is 5.01 Å². The summed E-state index contributed by atoms with van der Waals surface area (Å²) in [5, 5.41) is 11.3. The normalized spacial score (nSPS) is 13.1. The highest BCUT2D eigenvalue weighted by molar-refractivity contribution is 7.10. The third-order valence-corrected chi connectivity index (χ3v) is 5.53. The fourth-order valence-corrected chi connectivity index (χ4v) is 3.55. The number of nitrogens with zero attached hydrogens (tertiary/aromatic N) is 1. The summed E-state index contributed by atoms with van der Waals surface area (Å²) in [4.78, 5) is 17.7. The topological polar surface area (TPSA) is 54.0 Å². The van der Waals surface area contributed by atoms with Gasteiger partial charge >= 0.3 is 0 Å². The molecule has 0 bridgehead atoms. The SMILES string of the molecule is Cc1csc(C(C)(C)NCC(=O)N[C@@H](C)c2cccs2)n1. The molecule has 2 rings (SSSR count). The quantitative estimate of drug-likeness (QED) is 0.858. The molecule has 0 radical (unpaired) electrons. The van der Waals surface area contributed by atoms with E-state index < -0.39 is 0 Å². The first kappa shape index (κ1) is 16.1. The van der Waals surface area contributed by atoms with Crippen LogP contribution in [0.4, 0.5) is 0 Å². The van der Waals surface area contributed by atoms with Crippen molar-refractivity contribution >= 4 is 28.6 Å². The Morgan fingerprint density at radius 2 is 2.19 bits per heavy atom. The van der Waals surface area contributed by atoms with E-state index in [0.717, 1.165) is 15.6 Å². The van der Waals surface area contributed by atoms with E-state index >= 15 is 0 Å². The van der Waals surface area contributed by atoms with Gasteiger partial charge in [-0.15, -0.1) is 22.7 Å². The standard InChI is InChI=1S/C15H21N3OS2/c1-10-9-21-14(17-10)15(3,4)16-8-13(19)18-11(2)12-6-5-7-20-12/h5-7,9,11,16H,8H2,1-4H3,(H,18,19)/t11-/m0/s1. The molecule has 114 valence electrons. The fourth-order valence-electron chi connectivity index (χ4n) is 1.92. The van der Waals surface area contributed by atoms with E-state index in [0.29, 0.717) is 0 Å². The van der Waals surface area contributed by atoms with Gasteiger partial charge in [0.15, 0.2) is 0 Å². The van der Waals surface area contributed by atoms with Crippen molar-refractivity contribution in [2.24, 2.45) is 0 Å². The molecule has 0 fully saturated rings. The van der Waals surface area contributed by atoms with E-state index in [2.05, 4.69) is 15.6 Å². The molecule has 0 aliphatic carbocycles. The minimum Gasteiger partial charge on any atom is -0.348 e. The van der Waals surface area contributed by atoms with Crippen molar-refractivity contribution in [2.75, 3.05) is 6.54 Å². The second-order valence-corrected chi connectivity index (χ2v) is 7.41. The summed E-state index contributed by atoms with van der Waals surface area (Å²) >= 11 is 3.27. The molecule has 0 aliphatic heterocycles. The maximum atomic E-state index is 12.0. The predicted molar refractivity (Wildman–Crippen MR) is 88.8 cm³/mol. The van der Waals surface area contributed by atoms with Gasteiger partial charge < -0.3 is 5.32 Å². The number of carbonyl (C=O) groups excluding carboxylic acids is 1. The summed E-state index contributed by atoms with van der Waals surface area (Å²) in [5.41, 5.74) is 0.711. The lowest BCUT2D eigenvalue weighted by Gasteiger charge is -2.24. The molecule has 2 heterocycles. The zero-order valence-electron chi connectivity index (χ0n) is 12.8. The van der Waals surface area contributed by atoms with E-state index in [1.165, 1.54) is 0 Å². The monoisotopic (exact) mass is 323 g/mol. The van der Waals surface area contributed by atoms with E-state index in [1.807, 2.05) is 50.6 Å². The van der Waals surface area contributed by atoms with E-state index in [9.17, 15) is 4.79 Å². The first-order valence-electron chi connectivity index (χ1n) is 6.89. The summed E-state index contributed by atoms with van der Waals surface area (Å²) in [6.07, 6.45) is 0. The average molecular weight is 323 g/mol.